The smallest absolute Gasteiger partial charge is 0.320 e. The lowest BCUT2D eigenvalue weighted by Crippen LogP contribution is -2.40. The number of nitrogens with zero attached hydrogens (tertiary/aromatic N) is 3. The molecule has 2 aromatic carbocycles. The molecule has 4 rings (SSSR count). The Morgan fingerprint density at radius 2 is 1.82 bits per heavy atom. The van der Waals surface area contributed by atoms with E-state index in [1.807, 2.05) is 0 Å². The van der Waals surface area contributed by atoms with E-state index in [1.165, 1.54) is 33.4 Å². The maximum absolute atomic E-state index is 13.9. The number of aromatic nitrogens is 1. The number of halogens is 3. The summed E-state index contributed by atoms with van der Waals surface area (Å²) in [6.45, 7) is 2.70. The van der Waals surface area contributed by atoms with Gasteiger partial charge in [-0.25, -0.2) is 13.6 Å². The quantitative estimate of drug-likeness (QED) is 0.603. The summed E-state index contributed by atoms with van der Waals surface area (Å²) in [7, 11) is 0. The Bertz CT molecular complexity index is 1390. The molecule has 0 unspecified atom stereocenters. The molecule has 0 aliphatic carbocycles. The highest BCUT2D eigenvalue weighted by molar-refractivity contribution is 6.31. The first kappa shape index (κ1) is 23.2. The molecule has 2 N–H and O–H groups in total. The monoisotopic (exact) mass is 488 g/mol. The van der Waals surface area contributed by atoms with Gasteiger partial charge in [0.05, 0.1) is 17.1 Å². The van der Waals surface area contributed by atoms with Crippen LogP contribution in [0.5, 0.6) is 5.75 Å². The van der Waals surface area contributed by atoms with Crippen molar-refractivity contribution in [3.63, 3.8) is 0 Å². The molecule has 0 bridgehead atoms. The zero-order valence-corrected chi connectivity index (χ0v) is 18.9. The fourth-order valence-electron chi connectivity index (χ4n) is 3.75. The van der Waals surface area contributed by atoms with E-state index in [0.717, 1.165) is 12.1 Å². The minimum atomic E-state index is -0.778. The molecule has 176 valence electrons. The molecule has 3 amide bonds. The van der Waals surface area contributed by atoms with Crippen molar-refractivity contribution in [2.24, 2.45) is 5.73 Å². The Hall–Kier alpha value is -3.92. The number of aryl methyl sites for hydroxylation is 1. The maximum Gasteiger partial charge on any atom is 0.320 e. The number of fused-ring (bicyclic) bond motifs is 1. The summed E-state index contributed by atoms with van der Waals surface area (Å²) >= 11 is 6.27. The number of carbonyl (C=O) groups is 2. The normalized spacial score (nSPS) is 12.6. The molecule has 3 aromatic rings. The van der Waals surface area contributed by atoms with Gasteiger partial charge < -0.3 is 10.5 Å². The number of hydrogen-bond donors (Lipinski definition) is 1. The summed E-state index contributed by atoms with van der Waals surface area (Å²) in [5, 5.41) is -0.240. The third kappa shape index (κ3) is 4.08. The van der Waals surface area contributed by atoms with Crippen LogP contribution >= 0.6 is 11.6 Å². The van der Waals surface area contributed by atoms with Crippen LogP contribution in [-0.4, -0.2) is 23.2 Å². The van der Waals surface area contributed by atoms with Crippen LogP contribution in [0.4, 0.5) is 25.0 Å². The number of ether oxygens (including phenoxy) is 1. The second kappa shape index (κ2) is 8.79. The number of rotatable bonds is 4. The number of anilines is 2. The molecule has 0 saturated heterocycles. The van der Waals surface area contributed by atoms with Crippen LogP contribution in [-0.2, 0) is 11.4 Å². The Balaban J connectivity index is 1.70. The SMILES string of the molecule is CC(=O)N1CN(C(N)=O)c2ccc(-n3c(C)cc(OCc4ccc(F)cc4F)c(Cl)c3=O)cc21. The zero-order chi connectivity index (χ0) is 24.7. The fraction of sp³-hybridized carbons (Fsp3) is 0.174. The average Bonchev–Trinajstić information content (AvgIpc) is 3.16. The van der Waals surface area contributed by atoms with Crippen molar-refractivity contribution in [2.45, 2.75) is 20.5 Å². The van der Waals surface area contributed by atoms with Crippen molar-refractivity contribution < 1.29 is 23.1 Å². The highest BCUT2D eigenvalue weighted by Gasteiger charge is 2.32. The minimum Gasteiger partial charge on any atom is -0.487 e. The van der Waals surface area contributed by atoms with Gasteiger partial charge in [-0.2, -0.15) is 0 Å². The minimum absolute atomic E-state index is 0.0369. The van der Waals surface area contributed by atoms with Crippen LogP contribution in [0, 0.1) is 18.6 Å². The first-order valence-corrected chi connectivity index (χ1v) is 10.4. The molecular weight excluding hydrogens is 470 g/mol. The first-order valence-electron chi connectivity index (χ1n) is 10.1. The number of benzene rings is 2. The second-order valence-corrected chi connectivity index (χ2v) is 8.03. The second-order valence-electron chi connectivity index (χ2n) is 7.66. The van der Waals surface area contributed by atoms with E-state index >= 15 is 0 Å². The standard InChI is InChI=1S/C23H19ClF2N4O4/c1-12-7-20(34-10-14-3-4-15(25)8-17(14)26)21(24)22(32)30(12)16-5-6-18-19(9-16)28(13(2)31)11-29(18)23(27)33/h3-9H,10-11H2,1-2H3,(H2,27,33). The number of carbonyl (C=O) groups excluding carboxylic acids is 2. The molecule has 1 aromatic heterocycles. The van der Waals surface area contributed by atoms with Gasteiger partial charge in [0.25, 0.3) is 5.56 Å². The van der Waals surface area contributed by atoms with Gasteiger partial charge in [0.15, 0.2) is 0 Å². The third-order valence-corrected chi connectivity index (χ3v) is 5.77. The highest BCUT2D eigenvalue weighted by atomic mass is 35.5. The Labute approximate surface area is 197 Å². The van der Waals surface area contributed by atoms with Crippen molar-refractivity contribution in [1.29, 1.82) is 0 Å². The Morgan fingerprint density at radius 1 is 1.09 bits per heavy atom. The van der Waals surface area contributed by atoms with E-state index in [4.69, 9.17) is 22.1 Å². The van der Waals surface area contributed by atoms with Gasteiger partial charge in [0, 0.05) is 30.3 Å². The number of hydrogen-bond acceptors (Lipinski definition) is 4. The Morgan fingerprint density at radius 3 is 2.47 bits per heavy atom. The van der Waals surface area contributed by atoms with E-state index in [2.05, 4.69) is 0 Å². The Kier molecular flexibility index (Phi) is 6.01. The molecule has 0 atom stereocenters. The maximum atomic E-state index is 13.9. The van der Waals surface area contributed by atoms with Gasteiger partial charge in [-0.05, 0) is 37.3 Å². The van der Waals surface area contributed by atoms with Crippen molar-refractivity contribution in [1.82, 2.24) is 4.57 Å². The van der Waals surface area contributed by atoms with E-state index in [-0.39, 0.29) is 35.5 Å². The number of pyridine rings is 1. The number of nitrogens with two attached hydrogens (primary N) is 1. The van der Waals surface area contributed by atoms with Crippen molar-refractivity contribution in [2.75, 3.05) is 16.5 Å². The van der Waals surface area contributed by atoms with E-state index in [9.17, 15) is 23.2 Å². The molecule has 8 nitrogen and oxygen atoms in total. The number of amides is 3. The lowest BCUT2D eigenvalue weighted by Gasteiger charge is -2.17. The largest absolute Gasteiger partial charge is 0.487 e. The van der Waals surface area contributed by atoms with Crippen molar-refractivity contribution >= 4 is 34.9 Å². The van der Waals surface area contributed by atoms with Crippen LogP contribution in [0.3, 0.4) is 0 Å². The van der Waals surface area contributed by atoms with Gasteiger partial charge in [0.2, 0.25) is 5.91 Å². The third-order valence-electron chi connectivity index (χ3n) is 5.43. The van der Waals surface area contributed by atoms with E-state index in [1.54, 1.807) is 25.1 Å². The molecular formula is C23H19ClF2N4O4. The van der Waals surface area contributed by atoms with Gasteiger partial charge in [-0.3, -0.25) is 24.0 Å². The molecule has 1 aliphatic rings. The summed E-state index contributed by atoms with van der Waals surface area (Å²) in [5.41, 5.74) is 6.61. The molecule has 0 spiro atoms. The van der Waals surface area contributed by atoms with Gasteiger partial charge >= 0.3 is 6.03 Å². The molecule has 0 radical (unpaired) electrons. The molecule has 34 heavy (non-hydrogen) atoms. The van der Waals surface area contributed by atoms with Crippen LogP contribution < -0.4 is 25.8 Å². The highest BCUT2D eigenvalue weighted by Crippen LogP contribution is 2.38. The lowest BCUT2D eigenvalue weighted by atomic mass is 10.2. The summed E-state index contributed by atoms with van der Waals surface area (Å²) in [6, 6.07) is 8.64. The fourth-order valence-corrected chi connectivity index (χ4v) is 3.94. The zero-order valence-electron chi connectivity index (χ0n) is 18.1. The predicted molar refractivity (Wildman–Crippen MR) is 123 cm³/mol. The summed E-state index contributed by atoms with van der Waals surface area (Å²) in [4.78, 5) is 39.5. The predicted octanol–water partition coefficient (Wildman–Crippen LogP) is 3.87. The van der Waals surface area contributed by atoms with E-state index < -0.39 is 23.2 Å². The summed E-state index contributed by atoms with van der Waals surface area (Å²) in [5.74, 6) is -1.76. The first-order chi connectivity index (χ1) is 16.1. The average molecular weight is 489 g/mol. The van der Waals surface area contributed by atoms with Gasteiger partial charge in [-0.1, -0.05) is 11.6 Å². The molecule has 0 fully saturated rings. The summed E-state index contributed by atoms with van der Waals surface area (Å²) < 4.78 is 33.9. The van der Waals surface area contributed by atoms with Crippen molar-refractivity contribution in [3.8, 4) is 11.4 Å². The molecule has 0 saturated carbocycles. The number of urea groups is 1. The summed E-state index contributed by atoms with van der Waals surface area (Å²) in [6.07, 6.45) is 0. The lowest BCUT2D eigenvalue weighted by molar-refractivity contribution is -0.116. The van der Waals surface area contributed by atoms with Gasteiger partial charge in [0.1, 0.15) is 35.7 Å². The molecule has 2 heterocycles. The number of primary amides is 1. The van der Waals surface area contributed by atoms with E-state index in [0.29, 0.717) is 22.8 Å². The topological polar surface area (TPSA) is 97.9 Å². The van der Waals surface area contributed by atoms with Crippen molar-refractivity contribution in [3.05, 3.63) is 80.7 Å². The van der Waals surface area contributed by atoms with Crippen LogP contribution in [0.25, 0.3) is 5.69 Å². The van der Waals surface area contributed by atoms with Crippen LogP contribution in [0.2, 0.25) is 5.02 Å². The molecule has 11 heteroatoms. The van der Waals surface area contributed by atoms with Gasteiger partial charge in [-0.15, -0.1) is 0 Å². The van der Waals surface area contributed by atoms with Crippen LogP contribution in [0.1, 0.15) is 18.2 Å². The van der Waals surface area contributed by atoms with Crippen LogP contribution in [0.15, 0.2) is 47.3 Å². The molecule has 1 aliphatic heterocycles.